The number of hydrogen-bond donors (Lipinski definition) is 1. The van der Waals surface area contributed by atoms with Gasteiger partial charge in [0, 0.05) is 23.8 Å². The van der Waals surface area contributed by atoms with Gasteiger partial charge in [0.2, 0.25) is 0 Å². The maximum absolute atomic E-state index is 13.6. The van der Waals surface area contributed by atoms with Gasteiger partial charge in [-0.1, -0.05) is 70.4 Å². The number of thioether (sulfide) groups is 1. The van der Waals surface area contributed by atoms with E-state index in [2.05, 4.69) is 11.8 Å². The molecule has 1 aromatic carbocycles. The van der Waals surface area contributed by atoms with Crippen LogP contribution in [-0.4, -0.2) is 66.9 Å². The zero-order valence-electron chi connectivity index (χ0n) is 23.8. The van der Waals surface area contributed by atoms with E-state index in [4.69, 9.17) is 9.47 Å². The van der Waals surface area contributed by atoms with Gasteiger partial charge in [0.15, 0.2) is 6.17 Å². The fraction of sp³-hybridized carbons (Fsp3) is 0.679. The van der Waals surface area contributed by atoms with E-state index in [-0.39, 0.29) is 31.2 Å². The second-order valence-corrected chi connectivity index (χ2v) is 9.26. The Hall–Kier alpha value is -2.40. The third kappa shape index (κ3) is 24.4. The predicted octanol–water partition coefficient (Wildman–Crippen LogP) is 6.78. The van der Waals surface area contributed by atoms with Crippen molar-refractivity contribution < 1.29 is 38.1 Å². The number of ether oxygens (including phenoxy) is 2. The number of aliphatic hydroxyl groups is 1. The van der Waals surface area contributed by atoms with Crippen LogP contribution in [-0.2, 0) is 14.4 Å². The quantitative estimate of drug-likeness (QED) is 0.0750. The molecule has 0 aliphatic heterocycles. The van der Waals surface area contributed by atoms with Gasteiger partial charge < -0.3 is 19.4 Å². The number of aliphatic hydroxyl groups excluding tert-OH is 1. The van der Waals surface area contributed by atoms with E-state index in [9.17, 15) is 28.8 Å². The van der Waals surface area contributed by atoms with Gasteiger partial charge in [0.1, 0.15) is 25.6 Å². The molecule has 0 aromatic heterocycles. The largest absolute Gasteiger partial charge is 0.490 e. The van der Waals surface area contributed by atoms with Crippen molar-refractivity contribution in [1.29, 1.82) is 0 Å². The van der Waals surface area contributed by atoms with Crippen LogP contribution >= 0.6 is 11.8 Å². The van der Waals surface area contributed by atoms with E-state index in [1.165, 1.54) is 17.8 Å². The Morgan fingerprint density at radius 1 is 1.18 bits per heavy atom. The molecule has 1 fully saturated rings. The number of unbranched alkanes of at least 4 members (excludes halogenated alkanes) is 2. The lowest BCUT2D eigenvalue weighted by molar-refractivity contribution is -0.756. The molecule has 0 saturated heterocycles. The summed E-state index contributed by atoms with van der Waals surface area (Å²) in [7, 11) is 0.500. The Bertz CT molecular complexity index is 729. The first-order valence-corrected chi connectivity index (χ1v) is 14.6. The van der Waals surface area contributed by atoms with Crippen molar-refractivity contribution in [2.75, 3.05) is 38.5 Å². The average molecular weight is 580 g/mol. The molecular weight excluding hydrogens is 532 g/mol. The molecule has 226 valence electrons. The molecule has 0 radical (unpaired) electrons. The average Bonchev–Trinajstić information content (AvgIpc) is 3.37. The number of para-hydroxylation sites is 1. The van der Waals surface area contributed by atoms with Crippen LogP contribution in [0.5, 0.6) is 5.75 Å². The number of benzene rings is 1. The van der Waals surface area contributed by atoms with Crippen molar-refractivity contribution >= 4 is 17.7 Å². The third-order valence-electron chi connectivity index (χ3n) is 5.15. The van der Waals surface area contributed by atoms with E-state index in [0.717, 1.165) is 38.5 Å². The first-order chi connectivity index (χ1) is 18.9. The summed E-state index contributed by atoms with van der Waals surface area (Å²) in [5.74, 6) is 1.78. The predicted molar refractivity (Wildman–Crippen MR) is 153 cm³/mol. The molecular formula is C28H47F2NO7S. The number of esters is 1. The van der Waals surface area contributed by atoms with Crippen LogP contribution in [0.2, 0.25) is 0 Å². The van der Waals surface area contributed by atoms with Crippen molar-refractivity contribution in [2.45, 2.75) is 78.0 Å². The van der Waals surface area contributed by atoms with E-state index in [0.29, 0.717) is 37.5 Å². The summed E-state index contributed by atoms with van der Waals surface area (Å²) >= 11 is 1.46. The number of carbonyl (C=O) groups excluding carboxylic acids is 1. The summed E-state index contributed by atoms with van der Waals surface area (Å²) in [5, 5.41) is 18.6. The zero-order valence-corrected chi connectivity index (χ0v) is 24.6. The molecule has 0 bridgehead atoms. The smallest absolute Gasteiger partial charge is 0.305 e. The molecule has 0 heterocycles. The van der Waals surface area contributed by atoms with E-state index < -0.39 is 11.3 Å². The first-order valence-electron chi connectivity index (χ1n) is 13.5. The molecule has 1 saturated carbocycles. The van der Waals surface area contributed by atoms with Gasteiger partial charge in [-0.25, -0.2) is 4.39 Å². The number of halogens is 2. The highest BCUT2D eigenvalue weighted by atomic mass is 32.2. The minimum Gasteiger partial charge on any atom is -0.490 e. The highest BCUT2D eigenvalue weighted by Gasteiger charge is 2.22. The summed E-state index contributed by atoms with van der Waals surface area (Å²) < 4.78 is 33.4. The Morgan fingerprint density at radius 2 is 1.85 bits per heavy atom. The zero-order chi connectivity index (χ0) is 29.7. The molecule has 1 aliphatic carbocycles. The number of nitrogens with zero attached hydrogens (tertiary/aromatic N) is 1. The molecule has 1 N–H and O–H groups in total. The van der Waals surface area contributed by atoms with Crippen LogP contribution in [0.4, 0.5) is 8.78 Å². The Kier molecular flexibility index (Phi) is 28.4. The summed E-state index contributed by atoms with van der Waals surface area (Å²) in [6, 6.07) is 9.20. The van der Waals surface area contributed by atoms with E-state index in [1.54, 1.807) is 18.2 Å². The lowest BCUT2D eigenvalue weighted by Crippen LogP contribution is -2.13. The van der Waals surface area contributed by atoms with Gasteiger partial charge in [-0.15, -0.1) is 10.1 Å². The minimum absolute atomic E-state index is 0.0172. The van der Waals surface area contributed by atoms with Gasteiger partial charge in [0.25, 0.3) is 5.09 Å². The maximum atomic E-state index is 13.6. The molecule has 3 unspecified atom stereocenters. The van der Waals surface area contributed by atoms with Crippen LogP contribution < -0.4 is 4.74 Å². The lowest BCUT2D eigenvalue weighted by Gasteiger charge is -2.10. The van der Waals surface area contributed by atoms with Crippen LogP contribution in [0, 0.1) is 16.0 Å². The van der Waals surface area contributed by atoms with Crippen LogP contribution in [0.3, 0.4) is 0 Å². The highest BCUT2D eigenvalue weighted by Crippen LogP contribution is 2.26. The second-order valence-electron chi connectivity index (χ2n) is 8.03. The SMILES string of the molecule is CC.CCCCCC(=O)OCCSCCO[N+](=O)[O-].CF.OC1CCCC1/C=C/C(F)COc1ccccc1. The topological polar surface area (TPSA) is 108 Å². The van der Waals surface area contributed by atoms with Crippen LogP contribution in [0.15, 0.2) is 42.5 Å². The molecule has 11 heteroatoms. The number of rotatable bonds is 16. The Balaban J connectivity index is 0. The molecule has 8 nitrogen and oxygen atoms in total. The summed E-state index contributed by atoms with van der Waals surface area (Å²) in [4.78, 5) is 25.1. The molecule has 2 rings (SSSR count). The Labute approximate surface area is 236 Å². The monoisotopic (exact) mass is 579 g/mol. The molecule has 1 aliphatic rings. The van der Waals surface area contributed by atoms with E-state index >= 15 is 0 Å². The fourth-order valence-corrected chi connectivity index (χ4v) is 3.88. The molecule has 3 atom stereocenters. The highest BCUT2D eigenvalue weighted by molar-refractivity contribution is 7.99. The standard InChI is InChI=1S/C15H19FO2.C10H19NO5S.C2H6.CH3F/c16-13(10-9-12-5-4-8-15(12)17)11-18-14-6-2-1-3-7-14;1-2-3-4-5-10(12)15-6-8-17-9-7-16-11(13)14;2*1-2/h1-3,6-7,9-10,12-13,15,17H,4-5,8,11H2;2-9H2,1H3;1-2H3;1H3/b10-9+;;;. The number of hydrogen-bond acceptors (Lipinski definition) is 8. The van der Waals surface area contributed by atoms with Gasteiger partial charge >= 0.3 is 5.97 Å². The molecule has 1 aromatic rings. The third-order valence-corrected chi connectivity index (χ3v) is 6.06. The van der Waals surface area contributed by atoms with Gasteiger partial charge in [-0.3, -0.25) is 9.18 Å². The van der Waals surface area contributed by atoms with Crippen molar-refractivity contribution in [1.82, 2.24) is 0 Å². The van der Waals surface area contributed by atoms with Crippen molar-refractivity contribution in [3.8, 4) is 5.75 Å². The lowest BCUT2D eigenvalue weighted by atomic mass is 10.1. The molecule has 39 heavy (non-hydrogen) atoms. The van der Waals surface area contributed by atoms with Crippen LogP contribution in [0.25, 0.3) is 0 Å². The number of carbonyl (C=O) groups is 1. The summed E-state index contributed by atoms with van der Waals surface area (Å²) in [6.07, 6.45) is 8.13. The van der Waals surface area contributed by atoms with Gasteiger partial charge in [-0.05, 0) is 31.4 Å². The van der Waals surface area contributed by atoms with Crippen LogP contribution in [0.1, 0.15) is 65.7 Å². The number of alkyl halides is 2. The minimum atomic E-state index is -1.13. The van der Waals surface area contributed by atoms with Crippen molar-refractivity contribution in [3.05, 3.63) is 52.6 Å². The molecule has 0 amide bonds. The summed E-state index contributed by atoms with van der Waals surface area (Å²) in [6.45, 7) is 6.52. The first kappa shape index (κ1) is 38.7. The van der Waals surface area contributed by atoms with Crippen molar-refractivity contribution in [3.63, 3.8) is 0 Å². The maximum Gasteiger partial charge on any atom is 0.305 e. The van der Waals surface area contributed by atoms with Gasteiger partial charge in [-0.2, -0.15) is 11.8 Å². The summed E-state index contributed by atoms with van der Waals surface area (Å²) in [5.41, 5.74) is 0. The van der Waals surface area contributed by atoms with Gasteiger partial charge in [0.05, 0.1) is 13.3 Å². The fourth-order valence-electron chi connectivity index (χ4n) is 3.28. The Morgan fingerprint density at radius 3 is 2.44 bits per heavy atom. The second kappa shape index (κ2) is 28.6. The van der Waals surface area contributed by atoms with E-state index in [1.807, 2.05) is 32.0 Å². The van der Waals surface area contributed by atoms with Crippen molar-refractivity contribution in [2.24, 2.45) is 5.92 Å². The molecule has 0 spiro atoms. The normalized spacial score (nSPS) is 16.4.